The van der Waals surface area contributed by atoms with Gasteiger partial charge in [-0.3, -0.25) is 0 Å². The summed E-state index contributed by atoms with van der Waals surface area (Å²) in [6.07, 6.45) is 14.6. The van der Waals surface area contributed by atoms with Crippen LogP contribution in [0, 0.1) is 29.1 Å². The predicted octanol–water partition coefficient (Wildman–Crippen LogP) is 5.73. The van der Waals surface area contributed by atoms with Crippen LogP contribution < -0.4 is 0 Å². The van der Waals surface area contributed by atoms with Gasteiger partial charge in [-0.15, -0.1) is 0 Å². The highest BCUT2D eigenvalue weighted by Gasteiger charge is 2.50. The van der Waals surface area contributed by atoms with Crippen molar-refractivity contribution in [2.75, 3.05) is 0 Å². The first kappa shape index (κ1) is 24.5. The highest BCUT2D eigenvalue weighted by atomic mass is 16.3. The third-order valence-electron chi connectivity index (χ3n) is 8.84. The molecule has 7 atom stereocenters. The zero-order chi connectivity index (χ0) is 23.0. The Hall–Kier alpha value is -1.16. The monoisotopic (exact) mass is 428 g/mol. The molecule has 0 heterocycles. The summed E-state index contributed by atoms with van der Waals surface area (Å²) in [6, 6.07) is 0. The van der Waals surface area contributed by atoms with E-state index in [2.05, 4.69) is 52.5 Å². The number of hydrogen-bond acceptors (Lipinski definition) is 3. The van der Waals surface area contributed by atoms with E-state index >= 15 is 0 Å². The molecule has 0 aromatic heterocycles. The molecule has 3 nitrogen and oxygen atoms in total. The quantitative estimate of drug-likeness (QED) is 0.490. The first-order valence-corrected chi connectivity index (χ1v) is 12.3. The summed E-state index contributed by atoms with van der Waals surface area (Å²) >= 11 is 0. The Kier molecular flexibility index (Phi) is 7.40. The molecule has 0 saturated heterocycles. The van der Waals surface area contributed by atoms with Gasteiger partial charge in [0.15, 0.2) is 0 Å². The fourth-order valence-electron chi connectivity index (χ4n) is 6.28. The van der Waals surface area contributed by atoms with Crippen LogP contribution in [0.1, 0.15) is 79.6 Å². The zero-order valence-corrected chi connectivity index (χ0v) is 20.3. The van der Waals surface area contributed by atoms with E-state index < -0.39 is 17.8 Å². The van der Waals surface area contributed by atoms with Gasteiger partial charge in [-0.05, 0) is 85.7 Å². The molecule has 0 spiro atoms. The van der Waals surface area contributed by atoms with Gasteiger partial charge in [0.1, 0.15) is 0 Å². The molecule has 3 fully saturated rings. The second-order valence-corrected chi connectivity index (χ2v) is 11.3. The molecule has 174 valence electrons. The molecule has 0 aliphatic heterocycles. The van der Waals surface area contributed by atoms with Crippen LogP contribution in [0.3, 0.4) is 0 Å². The summed E-state index contributed by atoms with van der Waals surface area (Å²) in [4.78, 5) is 0. The van der Waals surface area contributed by atoms with E-state index in [1.54, 1.807) is 0 Å². The van der Waals surface area contributed by atoms with Crippen molar-refractivity contribution in [1.82, 2.24) is 0 Å². The first-order chi connectivity index (χ1) is 14.5. The summed E-state index contributed by atoms with van der Waals surface area (Å²) in [5.41, 5.74) is 2.82. The number of aliphatic hydroxyl groups excluding tert-OH is 2. The molecule has 0 amide bonds. The van der Waals surface area contributed by atoms with Crippen molar-refractivity contribution >= 4 is 0 Å². The molecule has 0 aromatic carbocycles. The summed E-state index contributed by atoms with van der Waals surface area (Å²) in [5, 5.41) is 30.8. The van der Waals surface area contributed by atoms with Gasteiger partial charge in [0.2, 0.25) is 0 Å². The van der Waals surface area contributed by atoms with Gasteiger partial charge < -0.3 is 15.3 Å². The smallest absolute Gasteiger partial charge is 0.0822 e. The average molecular weight is 429 g/mol. The molecule has 0 aromatic rings. The lowest BCUT2D eigenvalue weighted by Gasteiger charge is -2.44. The van der Waals surface area contributed by atoms with E-state index in [1.807, 2.05) is 13.0 Å². The van der Waals surface area contributed by atoms with E-state index in [0.29, 0.717) is 36.0 Å². The maximum absolute atomic E-state index is 10.6. The van der Waals surface area contributed by atoms with Crippen molar-refractivity contribution in [2.45, 2.75) is 97.4 Å². The minimum absolute atomic E-state index is 0.201. The number of hydrogen-bond donors (Lipinski definition) is 3. The maximum atomic E-state index is 10.6. The molecule has 3 saturated carbocycles. The zero-order valence-electron chi connectivity index (χ0n) is 20.3. The van der Waals surface area contributed by atoms with Gasteiger partial charge >= 0.3 is 0 Å². The number of fused-ring (bicyclic) bond motifs is 1. The largest absolute Gasteiger partial charge is 0.393 e. The van der Waals surface area contributed by atoms with Crippen LogP contribution >= 0.6 is 0 Å². The van der Waals surface area contributed by atoms with Gasteiger partial charge in [0, 0.05) is 6.42 Å². The fourth-order valence-corrected chi connectivity index (χ4v) is 6.28. The molecule has 3 heteroatoms. The van der Waals surface area contributed by atoms with Gasteiger partial charge in [-0.25, -0.2) is 0 Å². The Balaban J connectivity index is 1.78. The van der Waals surface area contributed by atoms with E-state index in [1.165, 1.54) is 31.3 Å². The van der Waals surface area contributed by atoms with Gasteiger partial charge in [0.05, 0.1) is 17.8 Å². The third-order valence-corrected chi connectivity index (χ3v) is 8.84. The number of allylic oxidation sites excluding steroid dienone is 4. The lowest BCUT2D eigenvalue weighted by atomic mass is 9.61. The van der Waals surface area contributed by atoms with Crippen LogP contribution in [-0.2, 0) is 0 Å². The molecule has 31 heavy (non-hydrogen) atoms. The van der Waals surface area contributed by atoms with Crippen LogP contribution in [0.2, 0.25) is 0 Å². The Labute approximate surface area is 189 Å². The summed E-state index contributed by atoms with van der Waals surface area (Å²) in [7, 11) is 0. The molecular weight excluding hydrogens is 384 g/mol. The van der Waals surface area contributed by atoms with Crippen molar-refractivity contribution < 1.29 is 15.3 Å². The molecule has 3 N–H and O–H groups in total. The van der Waals surface area contributed by atoms with Crippen molar-refractivity contribution in [3.63, 3.8) is 0 Å². The fraction of sp³-hybridized carbons (Fsp3) is 0.714. The van der Waals surface area contributed by atoms with E-state index in [4.69, 9.17) is 0 Å². The molecule has 0 bridgehead atoms. The molecular formula is C28H44O3. The Morgan fingerprint density at radius 3 is 2.55 bits per heavy atom. The van der Waals surface area contributed by atoms with Crippen LogP contribution in [0.25, 0.3) is 0 Å². The van der Waals surface area contributed by atoms with Crippen LogP contribution in [-0.4, -0.2) is 33.1 Å². The van der Waals surface area contributed by atoms with Crippen molar-refractivity contribution in [3.05, 3.63) is 47.6 Å². The van der Waals surface area contributed by atoms with Crippen molar-refractivity contribution in [1.29, 1.82) is 0 Å². The average Bonchev–Trinajstić information content (AvgIpc) is 3.05. The highest BCUT2D eigenvalue weighted by molar-refractivity contribution is 5.38. The SMILES string of the molecule is C=C1/C(=C\C=C2/CCC[C@]3(C)[C@@H]([C@H](C)/C=C/C(C)(O)C(C)C)CC[C@@H]23)C[C@H](O)C[C@H]1O. The van der Waals surface area contributed by atoms with Gasteiger partial charge in [-0.1, -0.05) is 64.2 Å². The molecule has 3 aliphatic carbocycles. The minimum Gasteiger partial charge on any atom is -0.393 e. The lowest BCUT2D eigenvalue weighted by molar-refractivity contribution is 0.0607. The van der Waals surface area contributed by atoms with Crippen LogP contribution in [0.15, 0.2) is 47.6 Å². The van der Waals surface area contributed by atoms with Gasteiger partial charge in [-0.2, -0.15) is 0 Å². The first-order valence-electron chi connectivity index (χ1n) is 12.3. The second kappa shape index (κ2) is 9.37. The van der Waals surface area contributed by atoms with Gasteiger partial charge in [0.25, 0.3) is 0 Å². The third kappa shape index (κ3) is 5.10. The molecule has 0 radical (unpaired) electrons. The number of aliphatic hydroxyl groups is 3. The second-order valence-electron chi connectivity index (χ2n) is 11.3. The highest BCUT2D eigenvalue weighted by Crippen LogP contribution is 2.59. The van der Waals surface area contributed by atoms with E-state index in [0.717, 1.165) is 17.6 Å². The van der Waals surface area contributed by atoms with Crippen LogP contribution in [0.5, 0.6) is 0 Å². The van der Waals surface area contributed by atoms with E-state index in [9.17, 15) is 15.3 Å². The topological polar surface area (TPSA) is 60.7 Å². The molecule has 3 rings (SSSR count). The summed E-state index contributed by atoms with van der Waals surface area (Å²) in [6.45, 7) is 14.9. The Morgan fingerprint density at radius 2 is 1.87 bits per heavy atom. The van der Waals surface area contributed by atoms with E-state index in [-0.39, 0.29) is 5.92 Å². The standard InChI is InChI=1S/C28H44O3/c1-18(2)28(6,31)15-13-19(3)24-11-12-25-21(8-7-14-27(24,25)5)9-10-22-16-23(29)17-26(30)20(22)4/h9-10,13,15,18-19,23-26,29-31H,4,7-8,11-12,14,16-17H2,1-3,5-6H3/b15-13+,21-9+,22-10-/t19-,23+,24-,25+,26-,27-,28?/m1/s1. The summed E-state index contributed by atoms with van der Waals surface area (Å²) < 4.78 is 0. The number of rotatable bonds is 5. The minimum atomic E-state index is -0.755. The van der Waals surface area contributed by atoms with Crippen LogP contribution in [0.4, 0.5) is 0 Å². The Bertz CT molecular complexity index is 756. The predicted molar refractivity (Wildman–Crippen MR) is 128 cm³/mol. The Morgan fingerprint density at radius 1 is 1.16 bits per heavy atom. The molecule has 3 aliphatic rings. The lowest BCUT2D eigenvalue weighted by Crippen LogP contribution is -2.36. The normalized spacial score (nSPS) is 40.0. The summed E-state index contributed by atoms with van der Waals surface area (Å²) in [5.74, 6) is 1.87. The van der Waals surface area contributed by atoms with Crippen molar-refractivity contribution in [2.24, 2.45) is 29.1 Å². The van der Waals surface area contributed by atoms with Crippen molar-refractivity contribution in [3.8, 4) is 0 Å². The maximum Gasteiger partial charge on any atom is 0.0822 e. The molecule has 1 unspecified atom stereocenters.